The Labute approximate surface area is 98.2 Å². The molecule has 0 radical (unpaired) electrons. The molecule has 4 heteroatoms. The van der Waals surface area contributed by atoms with Crippen molar-refractivity contribution < 1.29 is 4.79 Å². The van der Waals surface area contributed by atoms with E-state index in [1.807, 2.05) is 23.6 Å². The fourth-order valence-electron chi connectivity index (χ4n) is 1.35. The Bertz CT molecular complexity index is 480. The van der Waals surface area contributed by atoms with Crippen molar-refractivity contribution in [3.05, 3.63) is 46.3 Å². The molecule has 0 unspecified atom stereocenters. The average molecular weight is 232 g/mol. The van der Waals surface area contributed by atoms with Crippen molar-refractivity contribution in [2.75, 3.05) is 5.32 Å². The standard InChI is InChI=1S/C12H12N2OS/c1-2-9-5-6-13-11(8-9)14-12(15)10-4-3-7-16-10/h3-8H,2H2,1H3,(H,13,14,15). The van der Waals surface area contributed by atoms with Crippen molar-refractivity contribution in [3.63, 3.8) is 0 Å². The number of hydrogen-bond donors (Lipinski definition) is 1. The number of nitrogens with one attached hydrogen (secondary N) is 1. The van der Waals surface area contributed by atoms with Crippen molar-refractivity contribution in [2.24, 2.45) is 0 Å². The third kappa shape index (κ3) is 2.46. The zero-order valence-electron chi connectivity index (χ0n) is 8.93. The van der Waals surface area contributed by atoms with E-state index in [9.17, 15) is 4.79 Å². The highest BCUT2D eigenvalue weighted by Crippen LogP contribution is 2.12. The Morgan fingerprint density at radius 2 is 2.38 bits per heavy atom. The summed E-state index contributed by atoms with van der Waals surface area (Å²) in [6.07, 6.45) is 2.65. The van der Waals surface area contributed by atoms with Crippen LogP contribution in [0.25, 0.3) is 0 Å². The molecule has 0 saturated carbocycles. The molecule has 16 heavy (non-hydrogen) atoms. The maximum absolute atomic E-state index is 11.7. The molecule has 0 bridgehead atoms. The Morgan fingerprint density at radius 1 is 1.50 bits per heavy atom. The molecule has 2 heterocycles. The van der Waals surface area contributed by atoms with E-state index in [-0.39, 0.29) is 5.91 Å². The molecule has 3 nitrogen and oxygen atoms in total. The number of hydrogen-bond acceptors (Lipinski definition) is 3. The molecule has 0 aromatic carbocycles. The number of anilines is 1. The van der Waals surface area contributed by atoms with Gasteiger partial charge in [-0.15, -0.1) is 11.3 Å². The van der Waals surface area contributed by atoms with Crippen molar-refractivity contribution in [2.45, 2.75) is 13.3 Å². The van der Waals surface area contributed by atoms with Crippen LogP contribution in [0.3, 0.4) is 0 Å². The highest BCUT2D eigenvalue weighted by Gasteiger charge is 2.07. The first kappa shape index (κ1) is 10.8. The highest BCUT2D eigenvalue weighted by molar-refractivity contribution is 7.12. The van der Waals surface area contributed by atoms with Crippen LogP contribution in [0.15, 0.2) is 35.8 Å². The normalized spacial score (nSPS) is 10.1. The molecule has 1 N–H and O–H groups in total. The predicted molar refractivity (Wildman–Crippen MR) is 65.9 cm³/mol. The molecule has 0 spiro atoms. The largest absolute Gasteiger partial charge is 0.306 e. The molecular weight excluding hydrogens is 220 g/mol. The van der Waals surface area contributed by atoms with E-state index in [1.54, 1.807) is 12.3 Å². The number of rotatable bonds is 3. The van der Waals surface area contributed by atoms with Crippen molar-refractivity contribution in [1.82, 2.24) is 4.98 Å². The van der Waals surface area contributed by atoms with Crippen molar-refractivity contribution in [3.8, 4) is 0 Å². The van der Waals surface area contributed by atoms with Gasteiger partial charge in [0.15, 0.2) is 0 Å². The number of nitrogens with zero attached hydrogens (tertiary/aromatic N) is 1. The maximum Gasteiger partial charge on any atom is 0.266 e. The summed E-state index contributed by atoms with van der Waals surface area (Å²) < 4.78 is 0. The zero-order chi connectivity index (χ0) is 11.4. The summed E-state index contributed by atoms with van der Waals surface area (Å²) in [5.41, 5.74) is 1.16. The number of carbonyl (C=O) groups excluding carboxylic acids is 1. The van der Waals surface area contributed by atoms with Gasteiger partial charge in [0.1, 0.15) is 5.82 Å². The molecule has 0 aliphatic rings. The van der Waals surface area contributed by atoms with E-state index >= 15 is 0 Å². The molecule has 0 aliphatic carbocycles. The van der Waals surface area contributed by atoms with Crippen LogP contribution in [0.4, 0.5) is 5.82 Å². The summed E-state index contributed by atoms with van der Waals surface area (Å²) in [5, 5.41) is 4.66. The van der Waals surface area contributed by atoms with Gasteiger partial charge in [-0.05, 0) is 35.6 Å². The summed E-state index contributed by atoms with van der Waals surface area (Å²) in [6, 6.07) is 7.49. The van der Waals surface area contributed by atoms with Gasteiger partial charge in [-0.2, -0.15) is 0 Å². The van der Waals surface area contributed by atoms with E-state index in [1.165, 1.54) is 11.3 Å². The number of aryl methyl sites for hydroxylation is 1. The first-order valence-electron chi connectivity index (χ1n) is 5.09. The molecule has 0 aliphatic heterocycles. The highest BCUT2D eigenvalue weighted by atomic mass is 32.1. The number of pyridine rings is 1. The van der Waals surface area contributed by atoms with E-state index in [2.05, 4.69) is 17.2 Å². The lowest BCUT2D eigenvalue weighted by Gasteiger charge is -2.03. The minimum Gasteiger partial charge on any atom is -0.306 e. The maximum atomic E-state index is 11.7. The van der Waals surface area contributed by atoms with Gasteiger partial charge in [0, 0.05) is 6.20 Å². The number of thiophene rings is 1. The van der Waals surface area contributed by atoms with E-state index < -0.39 is 0 Å². The third-order valence-corrected chi connectivity index (χ3v) is 3.09. The van der Waals surface area contributed by atoms with Crippen molar-refractivity contribution >= 4 is 23.1 Å². The van der Waals surface area contributed by atoms with Crippen LogP contribution in [0.1, 0.15) is 22.2 Å². The minimum absolute atomic E-state index is 0.101. The smallest absolute Gasteiger partial charge is 0.266 e. The summed E-state index contributed by atoms with van der Waals surface area (Å²) in [5.74, 6) is 0.508. The second-order valence-corrected chi connectivity index (χ2v) is 4.28. The van der Waals surface area contributed by atoms with Gasteiger partial charge < -0.3 is 5.32 Å². The SMILES string of the molecule is CCc1ccnc(NC(=O)c2cccs2)c1. The molecule has 2 rings (SSSR count). The quantitative estimate of drug-likeness (QED) is 0.884. The Morgan fingerprint density at radius 3 is 3.06 bits per heavy atom. The molecule has 2 aromatic heterocycles. The third-order valence-electron chi connectivity index (χ3n) is 2.22. The van der Waals surface area contributed by atoms with Gasteiger partial charge in [0.25, 0.3) is 5.91 Å². The molecule has 0 saturated heterocycles. The molecular formula is C12H12N2OS. The Kier molecular flexibility index (Phi) is 3.31. The van der Waals surface area contributed by atoms with E-state index in [0.29, 0.717) is 10.7 Å². The molecule has 2 aromatic rings. The second kappa shape index (κ2) is 4.90. The molecule has 0 fully saturated rings. The van der Waals surface area contributed by atoms with Crippen LogP contribution in [-0.4, -0.2) is 10.9 Å². The molecule has 0 atom stereocenters. The molecule has 82 valence electrons. The second-order valence-electron chi connectivity index (χ2n) is 3.33. The van der Waals surface area contributed by atoms with Gasteiger partial charge in [0.05, 0.1) is 4.88 Å². The predicted octanol–water partition coefficient (Wildman–Crippen LogP) is 2.96. The summed E-state index contributed by atoms with van der Waals surface area (Å²) in [4.78, 5) is 16.5. The van der Waals surface area contributed by atoms with Crippen LogP contribution in [-0.2, 0) is 6.42 Å². The number of aromatic nitrogens is 1. The van der Waals surface area contributed by atoms with Gasteiger partial charge in [-0.25, -0.2) is 4.98 Å². The summed E-state index contributed by atoms with van der Waals surface area (Å²) in [7, 11) is 0. The van der Waals surface area contributed by atoms with E-state index in [4.69, 9.17) is 0 Å². The lowest BCUT2D eigenvalue weighted by molar-refractivity contribution is 0.103. The summed E-state index contributed by atoms with van der Waals surface area (Å²) in [6.45, 7) is 2.07. The fourth-order valence-corrected chi connectivity index (χ4v) is 1.97. The Hall–Kier alpha value is -1.68. The average Bonchev–Trinajstić information content (AvgIpc) is 2.83. The zero-order valence-corrected chi connectivity index (χ0v) is 9.75. The Balaban J connectivity index is 2.12. The topological polar surface area (TPSA) is 42.0 Å². The lowest BCUT2D eigenvalue weighted by atomic mass is 10.2. The minimum atomic E-state index is -0.101. The van der Waals surface area contributed by atoms with Gasteiger partial charge in [0.2, 0.25) is 0 Å². The van der Waals surface area contributed by atoms with Crippen molar-refractivity contribution in [1.29, 1.82) is 0 Å². The van der Waals surface area contributed by atoms with Crippen LogP contribution in [0, 0.1) is 0 Å². The summed E-state index contributed by atoms with van der Waals surface area (Å²) >= 11 is 1.42. The van der Waals surface area contributed by atoms with Crippen LogP contribution < -0.4 is 5.32 Å². The van der Waals surface area contributed by atoms with Gasteiger partial charge in [-0.3, -0.25) is 4.79 Å². The van der Waals surface area contributed by atoms with Gasteiger partial charge in [-0.1, -0.05) is 13.0 Å². The molecule has 1 amide bonds. The first-order valence-corrected chi connectivity index (χ1v) is 5.97. The number of amides is 1. The fraction of sp³-hybridized carbons (Fsp3) is 0.167. The van der Waals surface area contributed by atoms with Gasteiger partial charge >= 0.3 is 0 Å². The van der Waals surface area contributed by atoms with Crippen LogP contribution >= 0.6 is 11.3 Å². The number of carbonyl (C=O) groups is 1. The lowest BCUT2D eigenvalue weighted by Crippen LogP contribution is -2.11. The first-order chi connectivity index (χ1) is 7.79. The van der Waals surface area contributed by atoms with E-state index in [0.717, 1.165) is 12.0 Å². The van der Waals surface area contributed by atoms with Crippen LogP contribution in [0.5, 0.6) is 0 Å². The van der Waals surface area contributed by atoms with Crippen LogP contribution in [0.2, 0.25) is 0 Å². The monoisotopic (exact) mass is 232 g/mol.